The number of likely N-dealkylation sites (tertiary alicyclic amines) is 4. The van der Waals surface area contributed by atoms with Gasteiger partial charge in [0.05, 0.1) is 86.8 Å². The Morgan fingerprint density at radius 3 is 1.48 bits per heavy atom. The first-order valence-corrected chi connectivity index (χ1v) is 29.0. The van der Waals surface area contributed by atoms with Gasteiger partial charge in [-0.3, -0.25) is 19.2 Å². The Morgan fingerprint density at radius 2 is 1.02 bits per heavy atom. The Balaban J connectivity index is 0.931. The summed E-state index contributed by atoms with van der Waals surface area (Å²) < 4.78 is 64.5. The topological polar surface area (TPSA) is 195 Å². The van der Waals surface area contributed by atoms with Gasteiger partial charge >= 0.3 is 12.2 Å². The van der Waals surface area contributed by atoms with Crippen LogP contribution in [0.3, 0.4) is 0 Å². The Hall–Kier alpha value is -7.28. The highest BCUT2D eigenvalue weighted by molar-refractivity contribution is 5.91. The van der Waals surface area contributed by atoms with Crippen LogP contribution in [0.2, 0.25) is 0 Å². The van der Waals surface area contributed by atoms with E-state index in [1.165, 1.54) is 24.3 Å². The lowest BCUT2D eigenvalue weighted by molar-refractivity contribution is -0.146. The normalized spacial score (nSPS) is 22.0. The highest BCUT2D eigenvalue weighted by Crippen LogP contribution is 2.38. The number of hydrogen-bond acceptors (Lipinski definition) is 13. The molecular formula is C64H78F2N6O12. The number of nitrogens with zero attached hydrogens (tertiary/aromatic N) is 4. The van der Waals surface area contributed by atoms with Crippen molar-refractivity contribution in [2.24, 2.45) is 11.8 Å². The molecule has 4 saturated heterocycles. The third kappa shape index (κ3) is 15.9. The van der Waals surface area contributed by atoms with Crippen LogP contribution >= 0.6 is 0 Å². The second-order valence-electron chi connectivity index (χ2n) is 22.1. The molecule has 0 spiro atoms. The lowest BCUT2D eigenvalue weighted by Crippen LogP contribution is -2.58. The van der Waals surface area contributed by atoms with Crippen LogP contribution in [0.1, 0.15) is 82.6 Å². The SMILES string of the molecule is CC[C@@H](C)C(=O)N[C@H](C(=O)N1CC[C@@H]2[C@H]1[C@@H](OCc1ccc(F)cc1)CN2C(=O)OCc1ccccc1)[C@@H](C)OCC#CCO[C@H](C)[C@H](CC(=O)[C@H](C)NC)C(=O)N1CC[C@@H]2[C@H]1[C@@H](OCc1ccc(F)cc1)CN2C(=O)OCc1ccccc1. The van der Waals surface area contributed by atoms with Crippen LogP contribution in [0.5, 0.6) is 0 Å². The number of Topliss-reactive ketones (excluding diaryl/α,β-unsaturated/α-hetero) is 1. The molecule has 12 atom stereocenters. The lowest BCUT2D eigenvalue weighted by Gasteiger charge is -2.34. The standard InChI is InChI=1S/C64H78F2N6O12/c1-7-41(2)60(74)68-57(62(76)70-31-29-53-59(70)56(82-38-48-22-26-50(66)27-23-48)36-72(53)64(78)84-40-46-18-12-9-13-19-46)44(5)80-33-15-14-32-79-43(4)51(34-54(73)42(3)67-6)61(75)69-30-28-52-58(69)55(81-37-47-20-24-49(65)25-21-47)35-71(52)63(77)83-39-45-16-10-8-11-17-45/h8-13,16-27,41-44,51-53,55-59,67H,7,28-40H2,1-6H3,(H,68,74)/t41-,42+,43-,44-,51+,52-,53-,55+,56+,57+,58+,59+/m1/s1. The molecule has 2 N–H and O–H groups in total. The van der Waals surface area contributed by atoms with Crippen molar-refractivity contribution in [2.45, 2.75) is 147 Å². The van der Waals surface area contributed by atoms with Gasteiger partial charge in [0.2, 0.25) is 17.7 Å². The Kier molecular flexibility index (Phi) is 22.4. The van der Waals surface area contributed by atoms with Gasteiger partial charge in [-0.05, 0) is 93.6 Å². The van der Waals surface area contributed by atoms with Gasteiger partial charge in [-0.15, -0.1) is 0 Å². The van der Waals surface area contributed by atoms with Gasteiger partial charge in [0.1, 0.15) is 49.9 Å². The molecule has 4 aromatic rings. The van der Waals surface area contributed by atoms with Crippen molar-refractivity contribution in [1.82, 2.24) is 30.2 Å². The Morgan fingerprint density at radius 1 is 0.583 bits per heavy atom. The largest absolute Gasteiger partial charge is 0.445 e. The van der Waals surface area contributed by atoms with E-state index in [1.807, 2.05) is 67.6 Å². The molecule has 0 bridgehead atoms. The summed E-state index contributed by atoms with van der Waals surface area (Å²) in [7, 11) is 1.66. The second-order valence-corrected chi connectivity index (χ2v) is 22.1. The van der Waals surface area contributed by atoms with Gasteiger partial charge in [0.15, 0.2) is 0 Å². The quantitative estimate of drug-likeness (QED) is 0.0633. The molecule has 5 amide bonds. The molecule has 4 fully saturated rings. The van der Waals surface area contributed by atoms with Crippen LogP contribution in [0.15, 0.2) is 109 Å². The molecule has 450 valence electrons. The molecule has 0 saturated carbocycles. The van der Waals surface area contributed by atoms with Gasteiger partial charge in [0, 0.05) is 25.4 Å². The third-order valence-corrected chi connectivity index (χ3v) is 16.6. The maximum Gasteiger partial charge on any atom is 0.410 e. The van der Waals surface area contributed by atoms with E-state index >= 15 is 0 Å². The van der Waals surface area contributed by atoms with Crippen LogP contribution in [0, 0.1) is 35.3 Å². The molecule has 0 aromatic heterocycles. The molecule has 4 heterocycles. The van der Waals surface area contributed by atoms with Crippen LogP contribution in [-0.4, -0.2) is 162 Å². The maximum atomic E-state index is 15.0. The number of halogens is 2. The van der Waals surface area contributed by atoms with Crippen molar-refractivity contribution in [3.05, 3.63) is 143 Å². The minimum absolute atomic E-state index is 0.0532. The molecule has 0 aliphatic carbocycles. The lowest BCUT2D eigenvalue weighted by atomic mass is 9.92. The average molecular weight is 1160 g/mol. The molecular weight excluding hydrogens is 1080 g/mol. The van der Waals surface area contributed by atoms with Crippen molar-refractivity contribution in [3.63, 3.8) is 0 Å². The fourth-order valence-corrected chi connectivity index (χ4v) is 11.4. The molecule has 20 heteroatoms. The van der Waals surface area contributed by atoms with Crippen LogP contribution < -0.4 is 10.6 Å². The summed E-state index contributed by atoms with van der Waals surface area (Å²) >= 11 is 0. The number of amides is 5. The average Bonchev–Trinajstić information content (AvgIpc) is 4.19. The number of ketones is 1. The molecule has 4 aliphatic heterocycles. The second kappa shape index (κ2) is 30.0. The summed E-state index contributed by atoms with van der Waals surface area (Å²) in [5.41, 5.74) is 3.05. The predicted octanol–water partition coefficient (Wildman–Crippen LogP) is 7.21. The Bertz CT molecular complexity index is 2720. The van der Waals surface area contributed by atoms with E-state index in [-0.39, 0.29) is 89.8 Å². The first kappa shape index (κ1) is 62.8. The molecule has 18 nitrogen and oxygen atoms in total. The fraction of sp³-hybridized carbons (Fsp3) is 0.500. The molecule has 0 radical (unpaired) electrons. The zero-order valence-electron chi connectivity index (χ0n) is 48.7. The number of nitrogens with one attached hydrogen (secondary N) is 2. The summed E-state index contributed by atoms with van der Waals surface area (Å²) in [5.74, 6) is 2.43. The molecule has 84 heavy (non-hydrogen) atoms. The minimum Gasteiger partial charge on any atom is -0.445 e. The summed E-state index contributed by atoms with van der Waals surface area (Å²) in [6.07, 6.45) is -2.87. The smallest absolute Gasteiger partial charge is 0.410 e. The number of carbonyl (C=O) groups is 6. The number of fused-ring (bicyclic) bond motifs is 2. The Labute approximate surface area is 490 Å². The van der Waals surface area contributed by atoms with E-state index < -0.39 is 102 Å². The summed E-state index contributed by atoms with van der Waals surface area (Å²) in [6.45, 7) is 9.52. The van der Waals surface area contributed by atoms with Crippen LogP contribution in [0.25, 0.3) is 0 Å². The van der Waals surface area contributed by atoms with Crippen molar-refractivity contribution in [1.29, 1.82) is 0 Å². The first-order chi connectivity index (χ1) is 40.5. The van der Waals surface area contributed by atoms with Gasteiger partial charge < -0.3 is 58.7 Å². The fourth-order valence-electron chi connectivity index (χ4n) is 11.4. The van der Waals surface area contributed by atoms with E-state index in [1.54, 1.807) is 78.6 Å². The first-order valence-electron chi connectivity index (χ1n) is 29.0. The van der Waals surface area contributed by atoms with Gasteiger partial charge in [-0.2, -0.15) is 0 Å². The monoisotopic (exact) mass is 1160 g/mol. The zero-order chi connectivity index (χ0) is 59.9. The third-order valence-electron chi connectivity index (χ3n) is 16.6. The van der Waals surface area contributed by atoms with Gasteiger partial charge in [0.25, 0.3) is 0 Å². The van der Waals surface area contributed by atoms with Gasteiger partial charge in [-0.1, -0.05) is 111 Å². The minimum atomic E-state index is -1.16. The number of rotatable bonds is 25. The maximum absolute atomic E-state index is 15.0. The highest BCUT2D eigenvalue weighted by Gasteiger charge is 2.56. The number of benzene rings is 4. The number of likely N-dealkylation sites (N-methyl/N-ethyl adjacent to an activating group) is 1. The summed E-state index contributed by atoms with van der Waals surface area (Å²) in [5, 5.41) is 5.91. The van der Waals surface area contributed by atoms with E-state index in [0.29, 0.717) is 30.4 Å². The molecule has 4 aliphatic rings. The summed E-state index contributed by atoms with van der Waals surface area (Å²) in [4.78, 5) is 91.2. The molecule has 4 aromatic carbocycles. The van der Waals surface area contributed by atoms with Crippen molar-refractivity contribution >= 4 is 35.7 Å². The van der Waals surface area contributed by atoms with Crippen molar-refractivity contribution in [3.8, 4) is 11.8 Å². The van der Waals surface area contributed by atoms with Gasteiger partial charge in [-0.25, -0.2) is 18.4 Å². The van der Waals surface area contributed by atoms with E-state index in [0.717, 1.165) is 11.1 Å². The van der Waals surface area contributed by atoms with E-state index in [4.69, 9.17) is 28.4 Å². The van der Waals surface area contributed by atoms with Crippen molar-refractivity contribution in [2.75, 3.05) is 46.4 Å². The van der Waals surface area contributed by atoms with Crippen LogP contribution in [-0.2, 0) is 74.0 Å². The predicted molar refractivity (Wildman–Crippen MR) is 306 cm³/mol. The van der Waals surface area contributed by atoms with E-state index in [9.17, 15) is 37.5 Å². The molecule has 8 rings (SSSR count). The van der Waals surface area contributed by atoms with E-state index in [2.05, 4.69) is 22.5 Å². The number of carbonyl (C=O) groups excluding carboxylic acids is 6. The number of ether oxygens (including phenoxy) is 6. The number of hydrogen-bond donors (Lipinski definition) is 2. The van der Waals surface area contributed by atoms with Crippen molar-refractivity contribution < 1.29 is 66.0 Å². The highest BCUT2D eigenvalue weighted by atomic mass is 19.1. The molecule has 0 unspecified atom stereocenters. The van der Waals surface area contributed by atoms with Crippen LogP contribution in [0.4, 0.5) is 18.4 Å². The zero-order valence-corrected chi connectivity index (χ0v) is 48.7. The summed E-state index contributed by atoms with van der Waals surface area (Å²) in [6, 6.07) is 26.6.